The van der Waals surface area contributed by atoms with Crippen LogP contribution in [0.4, 0.5) is 0 Å². The largest absolute Gasteiger partial charge is 0.378 e. The van der Waals surface area contributed by atoms with Crippen LogP contribution in [-0.4, -0.2) is 19.8 Å². The minimum Gasteiger partial charge on any atom is -0.378 e. The van der Waals surface area contributed by atoms with Crippen LogP contribution < -0.4 is 5.32 Å². The van der Waals surface area contributed by atoms with E-state index in [0.717, 1.165) is 26.2 Å². The highest BCUT2D eigenvalue weighted by Crippen LogP contribution is 2.20. The summed E-state index contributed by atoms with van der Waals surface area (Å²) in [7, 11) is 0. The zero-order chi connectivity index (χ0) is 9.80. The van der Waals surface area contributed by atoms with Crippen molar-refractivity contribution < 1.29 is 4.74 Å². The van der Waals surface area contributed by atoms with Gasteiger partial charge in [-0.2, -0.15) is 0 Å². The lowest BCUT2D eigenvalue weighted by Crippen LogP contribution is -2.35. The second-order valence-electron chi connectivity index (χ2n) is 3.63. The summed E-state index contributed by atoms with van der Waals surface area (Å²) in [6.07, 6.45) is 1.09. The Morgan fingerprint density at radius 3 is 3.00 bits per heavy atom. The molecule has 1 aromatic carbocycles. The third kappa shape index (κ3) is 1.97. The van der Waals surface area contributed by atoms with E-state index in [-0.39, 0.29) is 0 Å². The molecule has 2 heteroatoms. The highest BCUT2D eigenvalue weighted by Gasteiger charge is 2.16. The van der Waals surface area contributed by atoms with Gasteiger partial charge in [0.1, 0.15) is 0 Å². The van der Waals surface area contributed by atoms with Crippen molar-refractivity contribution >= 4 is 0 Å². The van der Waals surface area contributed by atoms with Gasteiger partial charge < -0.3 is 10.1 Å². The highest BCUT2D eigenvalue weighted by molar-refractivity contribution is 5.30. The number of nitrogens with one attached hydrogen (secondary N) is 1. The number of aryl methyl sites for hydroxylation is 1. The maximum atomic E-state index is 5.47. The first kappa shape index (κ1) is 9.69. The molecular formula is C12H17NO. The first-order chi connectivity index (χ1) is 6.92. The van der Waals surface area contributed by atoms with Crippen molar-refractivity contribution in [1.82, 2.24) is 5.32 Å². The second-order valence-corrected chi connectivity index (χ2v) is 3.63. The number of rotatable bonds is 2. The predicted molar refractivity (Wildman–Crippen MR) is 57.4 cm³/mol. The first-order valence-corrected chi connectivity index (χ1v) is 5.30. The van der Waals surface area contributed by atoms with E-state index in [1.807, 2.05) is 0 Å². The van der Waals surface area contributed by atoms with Crippen molar-refractivity contribution in [1.29, 1.82) is 0 Å². The van der Waals surface area contributed by atoms with Crippen LogP contribution >= 0.6 is 0 Å². The molecule has 0 radical (unpaired) electrons. The molecule has 0 saturated carbocycles. The smallest absolute Gasteiger partial charge is 0.0662 e. The molecule has 1 N–H and O–H groups in total. The summed E-state index contributed by atoms with van der Waals surface area (Å²) in [5.41, 5.74) is 2.82. The van der Waals surface area contributed by atoms with E-state index in [1.165, 1.54) is 11.1 Å². The lowest BCUT2D eigenvalue weighted by molar-refractivity contribution is 0.0766. The van der Waals surface area contributed by atoms with Crippen molar-refractivity contribution in [2.24, 2.45) is 0 Å². The summed E-state index contributed by atoms with van der Waals surface area (Å²) in [6, 6.07) is 8.99. The van der Waals surface area contributed by atoms with Gasteiger partial charge in [-0.1, -0.05) is 31.2 Å². The third-order valence-electron chi connectivity index (χ3n) is 2.73. The van der Waals surface area contributed by atoms with Gasteiger partial charge >= 0.3 is 0 Å². The first-order valence-electron chi connectivity index (χ1n) is 5.30. The maximum absolute atomic E-state index is 5.47. The summed E-state index contributed by atoms with van der Waals surface area (Å²) < 4.78 is 5.47. The molecule has 0 aliphatic carbocycles. The average molecular weight is 191 g/mol. The van der Waals surface area contributed by atoms with Crippen molar-refractivity contribution in [2.45, 2.75) is 19.4 Å². The second kappa shape index (κ2) is 4.58. The molecule has 0 bridgehead atoms. The lowest BCUT2D eigenvalue weighted by Gasteiger charge is -2.25. The summed E-state index contributed by atoms with van der Waals surface area (Å²) >= 11 is 0. The van der Waals surface area contributed by atoms with Crippen molar-refractivity contribution in [3.8, 4) is 0 Å². The van der Waals surface area contributed by atoms with E-state index in [1.54, 1.807) is 0 Å². The summed E-state index contributed by atoms with van der Waals surface area (Å²) in [5, 5.41) is 3.49. The highest BCUT2D eigenvalue weighted by atomic mass is 16.5. The summed E-state index contributed by atoms with van der Waals surface area (Å²) in [5.74, 6) is 0. The van der Waals surface area contributed by atoms with Gasteiger partial charge in [0.15, 0.2) is 0 Å². The topological polar surface area (TPSA) is 21.3 Å². The van der Waals surface area contributed by atoms with Crippen LogP contribution in [0.1, 0.15) is 24.1 Å². The van der Waals surface area contributed by atoms with E-state index < -0.39 is 0 Å². The van der Waals surface area contributed by atoms with Crippen LogP contribution in [0.2, 0.25) is 0 Å². The Kier molecular flexibility index (Phi) is 3.17. The standard InChI is InChI=1S/C12H17NO/c1-2-10-5-3-4-6-11(10)12-9-14-8-7-13-12/h3-6,12-13H,2,7-9H2,1H3/t12-/m1/s1. The molecule has 0 amide bonds. The molecule has 1 atom stereocenters. The fraction of sp³-hybridized carbons (Fsp3) is 0.500. The van der Waals surface area contributed by atoms with Crippen molar-refractivity contribution in [3.63, 3.8) is 0 Å². The van der Waals surface area contributed by atoms with E-state index in [9.17, 15) is 0 Å². The van der Waals surface area contributed by atoms with Crippen molar-refractivity contribution in [2.75, 3.05) is 19.8 Å². The minimum absolute atomic E-state index is 0.389. The van der Waals surface area contributed by atoms with Gasteiger partial charge in [-0.05, 0) is 17.5 Å². The van der Waals surface area contributed by atoms with Gasteiger partial charge in [0.05, 0.1) is 19.3 Å². The number of ether oxygens (including phenoxy) is 1. The molecule has 14 heavy (non-hydrogen) atoms. The monoisotopic (exact) mass is 191 g/mol. The Labute approximate surface area is 85.3 Å². The van der Waals surface area contributed by atoms with Gasteiger partial charge in [0, 0.05) is 6.54 Å². The van der Waals surface area contributed by atoms with Gasteiger partial charge in [-0.15, -0.1) is 0 Å². The fourth-order valence-electron chi connectivity index (χ4n) is 1.96. The van der Waals surface area contributed by atoms with Gasteiger partial charge in [0.25, 0.3) is 0 Å². The molecule has 2 rings (SSSR count). The number of morpholine rings is 1. The van der Waals surface area contributed by atoms with E-state index in [0.29, 0.717) is 6.04 Å². The number of benzene rings is 1. The van der Waals surface area contributed by atoms with Crippen LogP contribution in [-0.2, 0) is 11.2 Å². The predicted octanol–water partition coefficient (Wildman–Crippen LogP) is 1.91. The van der Waals surface area contributed by atoms with Crippen molar-refractivity contribution in [3.05, 3.63) is 35.4 Å². The van der Waals surface area contributed by atoms with Crippen LogP contribution in [0.3, 0.4) is 0 Å². The van der Waals surface area contributed by atoms with E-state index >= 15 is 0 Å². The fourth-order valence-corrected chi connectivity index (χ4v) is 1.96. The molecule has 0 spiro atoms. The normalized spacial score (nSPS) is 22.2. The SMILES string of the molecule is CCc1ccccc1[C@H]1COCCN1. The molecular weight excluding hydrogens is 174 g/mol. The van der Waals surface area contributed by atoms with E-state index in [2.05, 4.69) is 36.5 Å². The molecule has 1 fully saturated rings. The molecule has 76 valence electrons. The van der Waals surface area contributed by atoms with Crippen LogP contribution in [0.25, 0.3) is 0 Å². The van der Waals surface area contributed by atoms with Crippen LogP contribution in [0.15, 0.2) is 24.3 Å². The average Bonchev–Trinajstić information content (AvgIpc) is 2.30. The molecule has 1 aromatic rings. The summed E-state index contributed by atoms with van der Waals surface area (Å²) in [4.78, 5) is 0. The van der Waals surface area contributed by atoms with Gasteiger partial charge in [-0.25, -0.2) is 0 Å². The molecule has 1 heterocycles. The summed E-state index contributed by atoms with van der Waals surface area (Å²) in [6.45, 7) is 4.80. The molecule has 1 aliphatic heterocycles. The van der Waals surface area contributed by atoms with Gasteiger partial charge in [0.2, 0.25) is 0 Å². The molecule has 1 aliphatic rings. The maximum Gasteiger partial charge on any atom is 0.0662 e. The van der Waals surface area contributed by atoms with Crippen LogP contribution in [0.5, 0.6) is 0 Å². The quantitative estimate of drug-likeness (QED) is 0.771. The zero-order valence-electron chi connectivity index (χ0n) is 8.62. The van der Waals surface area contributed by atoms with Crippen LogP contribution in [0, 0.1) is 0 Å². The Hall–Kier alpha value is -0.860. The number of hydrogen-bond acceptors (Lipinski definition) is 2. The Morgan fingerprint density at radius 1 is 1.43 bits per heavy atom. The minimum atomic E-state index is 0.389. The Morgan fingerprint density at radius 2 is 2.29 bits per heavy atom. The Bertz CT molecular complexity index is 292. The number of hydrogen-bond donors (Lipinski definition) is 1. The zero-order valence-corrected chi connectivity index (χ0v) is 8.62. The van der Waals surface area contributed by atoms with Gasteiger partial charge in [-0.3, -0.25) is 0 Å². The molecule has 1 saturated heterocycles. The molecule has 0 aromatic heterocycles. The molecule has 0 unspecified atom stereocenters. The lowest BCUT2D eigenvalue weighted by atomic mass is 9.98. The Balaban J connectivity index is 2.20. The third-order valence-corrected chi connectivity index (χ3v) is 2.73. The van der Waals surface area contributed by atoms with E-state index in [4.69, 9.17) is 4.74 Å². The molecule has 2 nitrogen and oxygen atoms in total.